The van der Waals surface area contributed by atoms with Gasteiger partial charge < -0.3 is 10.7 Å². The Bertz CT molecular complexity index is 436. The van der Waals surface area contributed by atoms with Crippen LogP contribution in [0.15, 0.2) is 6.20 Å². The van der Waals surface area contributed by atoms with Gasteiger partial charge in [0.25, 0.3) is 0 Å². The van der Waals surface area contributed by atoms with Gasteiger partial charge in [-0.3, -0.25) is 4.40 Å². The number of nitrogens with one attached hydrogen (secondary N) is 1. The zero-order valence-corrected chi connectivity index (χ0v) is 8.13. The lowest BCUT2D eigenvalue weighted by Crippen LogP contribution is -2.07. The molecule has 0 bridgehead atoms. The minimum absolute atomic E-state index is 0.0288. The Kier molecular flexibility index (Phi) is 1.66. The molecule has 0 spiro atoms. The van der Waals surface area contributed by atoms with Crippen LogP contribution in [-0.4, -0.2) is 14.4 Å². The summed E-state index contributed by atoms with van der Waals surface area (Å²) in [5.74, 6) is 0.877. The molecule has 70 valence electrons. The summed E-state index contributed by atoms with van der Waals surface area (Å²) in [7, 11) is 0. The molecule has 1 unspecified atom stereocenters. The van der Waals surface area contributed by atoms with Gasteiger partial charge >= 0.3 is 0 Å². The van der Waals surface area contributed by atoms with Gasteiger partial charge in [-0.05, 0) is 20.8 Å². The largest absolute Gasteiger partial charge is 0.326 e. The lowest BCUT2D eigenvalue weighted by Gasteiger charge is -2.02. The molecular weight excluding hydrogens is 164 g/mol. The Morgan fingerprint density at radius 3 is 2.77 bits per heavy atom. The van der Waals surface area contributed by atoms with Crippen LogP contribution in [0, 0.1) is 13.8 Å². The topological polar surface area (TPSA) is 59.1 Å². The standard InChI is InChI=1S/C9H14N4/c1-5-4-11-9-12-8(6(2)10)7(3)13(5)9/h4,6H,10H2,1-3H3,(H,11,12). The van der Waals surface area contributed by atoms with Gasteiger partial charge in [0.15, 0.2) is 0 Å². The van der Waals surface area contributed by atoms with E-state index in [1.54, 1.807) is 0 Å². The number of nitrogens with two attached hydrogens (primary N) is 1. The van der Waals surface area contributed by atoms with Crippen molar-refractivity contribution in [1.82, 2.24) is 14.4 Å². The normalized spacial score (nSPS) is 13.8. The summed E-state index contributed by atoms with van der Waals surface area (Å²) in [5.41, 5.74) is 9.16. The zero-order valence-electron chi connectivity index (χ0n) is 8.13. The van der Waals surface area contributed by atoms with Crippen LogP contribution in [0.3, 0.4) is 0 Å². The maximum atomic E-state index is 5.82. The molecule has 0 amide bonds. The predicted molar refractivity (Wildman–Crippen MR) is 51.6 cm³/mol. The number of H-pyrrole nitrogens is 1. The molecule has 3 N–H and O–H groups in total. The van der Waals surface area contributed by atoms with E-state index < -0.39 is 0 Å². The van der Waals surface area contributed by atoms with Crippen molar-refractivity contribution >= 4 is 5.78 Å². The van der Waals surface area contributed by atoms with Gasteiger partial charge in [0.2, 0.25) is 5.78 Å². The molecule has 0 saturated heterocycles. The summed E-state index contributed by atoms with van der Waals surface area (Å²) in [5, 5.41) is 0. The fourth-order valence-corrected chi connectivity index (χ4v) is 1.72. The molecule has 0 saturated carbocycles. The first-order chi connectivity index (χ1) is 6.11. The average molecular weight is 178 g/mol. The molecule has 0 radical (unpaired) electrons. The van der Waals surface area contributed by atoms with E-state index in [1.807, 2.05) is 20.0 Å². The van der Waals surface area contributed by atoms with Crippen molar-refractivity contribution in [2.45, 2.75) is 26.8 Å². The van der Waals surface area contributed by atoms with Crippen molar-refractivity contribution in [3.63, 3.8) is 0 Å². The number of fused-ring (bicyclic) bond motifs is 1. The first-order valence-electron chi connectivity index (χ1n) is 4.39. The summed E-state index contributed by atoms with van der Waals surface area (Å²) in [6.07, 6.45) is 1.85. The van der Waals surface area contributed by atoms with Crippen LogP contribution in [0.4, 0.5) is 0 Å². The van der Waals surface area contributed by atoms with Crippen molar-refractivity contribution in [3.05, 3.63) is 23.3 Å². The maximum Gasteiger partial charge on any atom is 0.211 e. The van der Waals surface area contributed by atoms with Crippen LogP contribution in [-0.2, 0) is 0 Å². The highest BCUT2D eigenvalue weighted by Gasteiger charge is 2.12. The van der Waals surface area contributed by atoms with Crippen LogP contribution in [0.5, 0.6) is 0 Å². The Morgan fingerprint density at radius 2 is 2.23 bits per heavy atom. The van der Waals surface area contributed by atoms with E-state index in [0.29, 0.717) is 0 Å². The highest BCUT2D eigenvalue weighted by atomic mass is 15.1. The van der Waals surface area contributed by atoms with Crippen molar-refractivity contribution in [1.29, 1.82) is 0 Å². The molecule has 0 aliphatic rings. The molecular formula is C9H14N4. The van der Waals surface area contributed by atoms with Crippen LogP contribution in [0.25, 0.3) is 5.78 Å². The van der Waals surface area contributed by atoms with Gasteiger partial charge in [0.1, 0.15) is 0 Å². The number of aromatic amines is 1. The van der Waals surface area contributed by atoms with E-state index in [0.717, 1.165) is 22.9 Å². The van der Waals surface area contributed by atoms with E-state index in [4.69, 9.17) is 5.73 Å². The van der Waals surface area contributed by atoms with Crippen molar-refractivity contribution in [3.8, 4) is 0 Å². The molecule has 4 heteroatoms. The SMILES string of the molecule is Cc1cnc2[nH]c(C(C)N)c(C)n12. The van der Waals surface area contributed by atoms with E-state index in [1.165, 1.54) is 0 Å². The predicted octanol–water partition coefficient (Wildman–Crippen LogP) is 1.30. The second kappa shape index (κ2) is 2.60. The van der Waals surface area contributed by atoms with E-state index in [-0.39, 0.29) is 6.04 Å². The summed E-state index contributed by atoms with van der Waals surface area (Å²) < 4.78 is 2.08. The fraction of sp³-hybridized carbons (Fsp3) is 0.444. The highest BCUT2D eigenvalue weighted by Crippen LogP contribution is 2.17. The monoisotopic (exact) mass is 178 g/mol. The third-order valence-electron chi connectivity index (χ3n) is 2.37. The summed E-state index contributed by atoms with van der Waals surface area (Å²) >= 11 is 0. The van der Waals surface area contributed by atoms with Gasteiger partial charge in [-0.15, -0.1) is 0 Å². The van der Waals surface area contributed by atoms with Crippen LogP contribution < -0.4 is 5.73 Å². The molecule has 2 aromatic rings. The smallest absolute Gasteiger partial charge is 0.211 e. The van der Waals surface area contributed by atoms with Gasteiger partial charge in [-0.2, -0.15) is 0 Å². The molecule has 2 rings (SSSR count). The molecule has 4 nitrogen and oxygen atoms in total. The third kappa shape index (κ3) is 1.06. The lowest BCUT2D eigenvalue weighted by molar-refractivity contribution is 0.778. The number of hydrogen-bond donors (Lipinski definition) is 2. The quantitative estimate of drug-likeness (QED) is 0.691. The molecule has 2 aromatic heterocycles. The molecule has 0 aliphatic carbocycles. The van der Waals surface area contributed by atoms with Gasteiger partial charge in [-0.25, -0.2) is 4.98 Å². The second-order valence-corrected chi connectivity index (χ2v) is 3.47. The Balaban J connectivity index is 2.75. The number of rotatable bonds is 1. The minimum Gasteiger partial charge on any atom is -0.326 e. The second-order valence-electron chi connectivity index (χ2n) is 3.47. The number of hydrogen-bond acceptors (Lipinski definition) is 2. The molecule has 0 aromatic carbocycles. The van der Waals surface area contributed by atoms with Crippen molar-refractivity contribution in [2.75, 3.05) is 0 Å². The first-order valence-corrected chi connectivity index (χ1v) is 4.39. The fourth-order valence-electron chi connectivity index (χ4n) is 1.72. The third-order valence-corrected chi connectivity index (χ3v) is 2.37. The molecule has 1 atom stereocenters. The van der Waals surface area contributed by atoms with E-state index in [9.17, 15) is 0 Å². The highest BCUT2D eigenvalue weighted by molar-refractivity contribution is 5.39. The average Bonchev–Trinajstić information content (AvgIpc) is 2.55. The van der Waals surface area contributed by atoms with Crippen LogP contribution in [0.1, 0.15) is 30.0 Å². The van der Waals surface area contributed by atoms with E-state index in [2.05, 4.69) is 21.3 Å². The minimum atomic E-state index is 0.0288. The first kappa shape index (κ1) is 8.31. The number of aromatic nitrogens is 3. The summed E-state index contributed by atoms with van der Waals surface area (Å²) in [4.78, 5) is 7.44. The lowest BCUT2D eigenvalue weighted by atomic mass is 10.2. The van der Waals surface area contributed by atoms with Gasteiger partial charge in [0, 0.05) is 17.4 Å². The molecule has 0 aliphatic heterocycles. The molecule has 0 fully saturated rings. The van der Waals surface area contributed by atoms with Crippen molar-refractivity contribution < 1.29 is 0 Å². The van der Waals surface area contributed by atoms with Crippen LogP contribution >= 0.6 is 0 Å². The van der Waals surface area contributed by atoms with Crippen molar-refractivity contribution in [2.24, 2.45) is 5.73 Å². The Labute approximate surface area is 76.8 Å². The number of aryl methyl sites for hydroxylation is 2. The Morgan fingerprint density at radius 1 is 1.54 bits per heavy atom. The van der Waals surface area contributed by atoms with Gasteiger partial charge in [0.05, 0.1) is 11.9 Å². The number of imidazole rings is 2. The summed E-state index contributed by atoms with van der Waals surface area (Å²) in [6.45, 7) is 6.05. The maximum absolute atomic E-state index is 5.82. The molecule has 13 heavy (non-hydrogen) atoms. The Hall–Kier alpha value is -1.29. The van der Waals surface area contributed by atoms with Crippen LogP contribution in [0.2, 0.25) is 0 Å². The number of nitrogens with zero attached hydrogens (tertiary/aromatic N) is 2. The van der Waals surface area contributed by atoms with Gasteiger partial charge in [-0.1, -0.05) is 0 Å². The summed E-state index contributed by atoms with van der Waals surface area (Å²) in [6, 6.07) is 0.0288. The molecule has 2 heterocycles. The van der Waals surface area contributed by atoms with E-state index >= 15 is 0 Å². The zero-order chi connectivity index (χ0) is 9.59.